The van der Waals surface area contributed by atoms with Crippen molar-refractivity contribution in [1.29, 1.82) is 0 Å². The molecule has 1 saturated heterocycles. The minimum Gasteiger partial charge on any atom is -0.380 e. The molecular formula is C15H22N2O4S2. The quantitative estimate of drug-likeness (QED) is 0.868. The highest BCUT2D eigenvalue weighted by Crippen LogP contribution is 2.34. The summed E-state index contributed by atoms with van der Waals surface area (Å²) in [7, 11) is -3.56. The third-order valence-corrected chi connectivity index (χ3v) is 7.75. The van der Waals surface area contributed by atoms with Crippen molar-refractivity contribution in [2.24, 2.45) is 5.92 Å². The van der Waals surface area contributed by atoms with Crippen LogP contribution in [0.15, 0.2) is 21.7 Å². The molecular weight excluding hydrogens is 336 g/mol. The minimum absolute atomic E-state index is 0.0515. The zero-order chi connectivity index (χ0) is 16.3. The molecule has 1 aliphatic heterocycles. The van der Waals surface area contributed by atoms with Gasteiger partial charge in [0.2, 0.25) is 5.91 Å². The molecule has 1 saturated carbocycles. The number of fused-ring (bicyclic) bond motifs is 1. The molecule has 2 heterocycles. The van der Waals surface area contributed by atoms with Crippen molar-refractivity contribution in [2.75, 3.05) is 26.3 Å². The van der Waals surface area contributed by atoms with Crippen LogP contribution in [0.2, 0.25) is 0 Å². The fourth-order valence-corrected chi connectivity index (χ4v) is 6.23. The highest BCUT2D eigenvalue weighted by molar-refractivity contribution is 7.91. The van der Waals surface area contributed by atoms with Gasteiger partial charge in [0, 0.05) is 25.7 Å². The van der Waals surface area contributed by atoms with Crippen molar-refractivity contribution in [3.8, 4) is 0 Å². The number of hydrogen-bond donors (Lipinski definition) is 1. The fourth-order valence-electron chi connectivity index (χ4n) is 3.38. The van der Waals surface area contributed by atoms with E-state index in [2.05, 4.69) is 5.32 Å². The molecule has 2 aliphatic rings. The van der Waals surface area contributed by atoms with Crippen LogP contribution in [0.5, 0.6) is 0 Å². The maximum absolute atomic E-state index is 13.0. The second-order valence-corrected chi connectivity index (χ2v) is 8.97. The summed E-state index contributed by atoms with van der Waals surface area (Å²) >= 11 is 1.22. The second-order valence-electron chi connectivity index (χ2n) is 5.91. The summed E-state index contributed by atoms with van der Waals surface area (Å²) in [6, 6.07) is 3.12. The monoisotopic (exact) mass is 358 g/mol. The molecule has 0 bridgehead atoms. The van der Waals surface area contributed by atoms with Gasteiger partial charge < -0.3 is 10.1 Å². The normalized spacial score (nSPS) is 27.9. The first-order valence-electron chi connectivity index (χ1n) is 8.01. The Morgan fingerprint density at radius 2 is 2.13 bits per heavy atom. The van der Waals surface area contributed by atoms with E-state index in [4.69, 9.17) is 4.74 Å². The maximum Gasteiger partial charge on any atom is 0.252 e. The van der Waals surface area contributed by atoms with Crippen molar-refractivity contribution in [2.45, 2.75) is 35.9 Å². The lowest BCUT2D eigenvalue weighted by atomic mass is 10.0. The molecule has 1 aliphatic carbocycles. The van der Waals surface area contributed by atoms with Gasteiger partial charge in [-0.15, -0.1) is 11.3 Å². The molecule has 23 heavy (non-hydrogen) atoms. The molecule has 2 unspecified atom stereocenters. The lowest BCUT2D eigenvalue weighted by Crippen LogP contribution is -2.47. The Morgan fingerprint density at radius 3 is 2.91 bits per heavy atom. The molecule has 1 aromatic heterocycles. The topological polar surface area (TPSA) is 75.7 Å². The number of nitrogens with zero attached hydrogens (tertiary/aromatic N) is 1. The Kier molecular flexibility index (Phi) is 5.35. The summed E-state index contributed by atoms with van der Waals surface area (Å²) in [6.07, 6.45) is 3.01. The first-order valence-corrected chi connectivity index (χ1v) is 10.3. The predicted octanol–water partition coefficient (Wildman–Crippen LogP) is 1.44. The highest BCUT2D eigenvalue weighted by atomic mass is 32.2. The van der Waals surface area contributed by atoms with Crippen LogP contribution in [0.1, 0.15) is 25.7 Å². The smallest absolute Gasteiger partial charge is 0.252 e. The predicted molar refractivity (Wildman–Crippen MR) is 87.8 cm³/mol. The molecule has 1 amide bonds. The average molecular weight is 358 g/mol. The van der Waals surface area contributed by atoms with Gasteiger partial charge in [-0.25, -0.2) is 8.42 Å². The number of hydrogen-bond acceptors (Lipinski definition) is 5. The van der Waals surface area contributed by atoms with Crippen LogP contribution >= 0.6 is 11.3 Å². The minimum atomic E-state index is -3.56. The molecule has 2 fully saturated rings. The van der Waals surface area contributed by atoms with E-state index in [0.29, 0.717) is 36.9 Å². The Balaban J connectivity index is 1.92. The number of amides is 1. The van der Waals surface area contributed by atoms with E-state index < -0.39 is 10.0 Å². The van der Waals surface area contributed by atoms with Gasteiger partial charge in [0.25, 0.3) is 10.0 Å². The van der Waals surface area contributed by atoms with Crippen LogP contribution in [-0.4, -0.2) is 51.0 Å². The van der Waals surface area contributed by atoms with Crippen molar-refractivity contribution in [1.82, 2.24) is 9.62 Å². The number of thiophene rings is 1. The SMILES string of the molecule is O=C1NCCOCCCN(S(=O)(=O)c2cccs2)C2CCCC12. The number of ether oxygens (including phenoxy) is 1. The van der Waals surface area contributed by atoms with E-state index in [9.17, 15) is 13.2 Å². The molecule has 128 valence electrons. The summed E-state index contributed by atoms with van der Waals surface area (Å²) in [5.74, 6) is -0.313. The van der Waals surface area contributed by atoms with Crippen molar-refractivity contribution < 1.29 is 17.9 Å². The van der Waals surface area contributed by atoms with E-state index in [0.717, 1.165) is 19.3 Å². The summed E-state index contributed by atoms with van der Waals surface area (Å²) in [6.45, 7) is 1.86. The van der Waals surface area contributed by atoms with E-state index in [1.54, 1.807) is 21.8 Å². The number of carbonyl (C=O) groups excluding carboxylic acids is 1. The third kappa shape index (κ3) is 3.60. The fraction of sp³-hybridized carbons (Fsp3) is 0.667. The average Bonchev–Trinajstić information content (AvgIpc) is 3.19. The van der Waals surface area contributed by atoms with Gasteiger partial charge in [0.1, 0.15) is 4.21 Å². The highest BCUT2D eigenvalue weighted by Gasteiger charge is 2.42. The van der Waals surface area contributed by atoms with E-state index in [-0.39, 0.29) is 17.9 Å². The molecule has 8 heteroatoms. The largest absolute Gasteiger partial charge is 0.380 e. The Bertz CT molecular complexity index is 630. The van der Waals surface area contributed by atoms with Crippen LogP contribution < -0.4 is 5.32 Å². The second kappa shape index (κ2) is 7.29. The van der Waals surface area contributed by atoms with Crippen LogP contribution in [0.25, 0.3) is 0 Å². The van der Waals surface area contributed by atoms with E-state index >= 15 is 0 Å². The summed E-state index contributed by atoms with van der Waals surface area (Å²) in [5.41, 5.74) is 0. The molecule has 1 aromatic rings. The Labute approximate surface area is 140 Å². The van der Waals surface area contributed by atoms with Gasteiger partial charge in [0.05, 0.1) is 12.5 Å². The Morgan fingerprint density at radius 1 is 1.26 bits per heavy atom. The summed E-state index contributed by atoms with van der Waals surface area (Å²) in [4.78, 5) is 12.4. The number of nitrogens with one attached hydrogen (secondary N) is 1. The molecule has 2 atom stereocenters. The van der Waals surface area contributed by atoms with Gasteiger partial charge in [-0.3, -0.25) is 4.79 Å². The molecule has 1 N–H and O–H groups in total. The standard InChI is InChI=1S/C15H22N2O4S2/c18-15-12-4-1-5-13(12)17(8-3-9-21-10-7-16-15)23(19,20)14-6-2-11-22-14/h2,6,11-13H,1,3-5,7-10H2,(H,16,18). The first-order chi connectivity index (χ1) is 11.1. The summed E-state index contributed by atoms with van der Waals surface area (Å²) in [5, 5.41) is 4.64. The molecule has 0 radical (unpaired) electrons. The van der Waals surface area contributed by atoms with Gasteiger partial charge >= 0.3 is 0 Å². The maximum atomic E-state index is 13.0. The number of carbonyl (C=O) groups is 1. The first kappa shape index (κ1) is 16.9. The number of sulfonamides is 1. The van der Waals surface area contributed by atoms with Gasteiger partial charge in [-0.05, 0) is 30.7 Å². The zero-order valence-electron chi connectivity index (χ0n) is 12.9. The van der Waals surface area contributed by atoms with Crippen molar-refractivity contribution >= 4 is 27.3 Å². The van der Waals surface area contributed by atoms with Crippen LogP contribution in [0, 0.1) is 5.92 Å². The molecule has 0 aromatic carbocycles. The number of rotatable bonds is 2. The lowest BCUT2D eigenvalue weighted by Gasteiger charge is -2.31. The lowest BCUT2D eigenvalue weighted by molar-refractivity contribution is -0.126. The van der Waals surface area contributed by atoms with Crippen LogP contribution in [0.4, 0.5) is 0 Å². The third-order valence-electron chi connectivity index (χ3n) is 4.46. The Hall–Kier alpha value is -0.960. The van der Waals surface area contributed by atoms with Crippen LogP contribution in [-0.2, 0) is 19.6 Å². The van der Waals surface area contributed by atoms with E-state index in [1.165, 1.54) is 11.3 Å². The van der Waals surface area contributed by atoms with E-state index in [1.807, 2.05) is 0 Å². The van der Waals surface area contributed by atoms with Crippen molar-refractivity contribution in [3.05, 3.63) is 17.5 Å². The van der Waals surface area contributed by atoms with Gasteiger partial charge in [0.15, 0.2) is 0 Å². The van der Waals surface area contributed by atoms with Crippen molar-refractivity contribution in [3.63, 3.8) is 0 Å². The molecule has 6 nitrogen and oxygen atoms in total. The molecule has 0 spiro atoms. The zero-order valence-corrected chi connectivity index (χ0v) is 14.6. The van der Waals surface area contributed by atoms with Crippen LogP contribution in [0.3, 0.4) is 0 Å². The van der Waals surface area contributed by atoms with Gasteiger partial charge in [-0.2, -0.15) is 4.31 Å². The molecule has 3 rings (SSSR count). The van der Waals surface area contributed by atoms with Gasteiger partial charge in [-0.1, -0.05) is 12.5 Å². The summed E-state index contributed by atoms with van der Waals surface area (Å²) < 4.78 is 33.4.